The van der Waals surface area contributed by atoms with Crippen LogP contribution in [0.1, 0.15) is 40.5 Å². The van der Waals surface area contributed by atoms with Crippen LogP contribution >= 0.6 is 0 Å². The molecule has 0 atom stereocenters. The topological polar surface area (TPSA) is 244 Å². The van der Waals surface area contributed by atoms with E-state index in [1.165, 1.54) is 24.3 Å². The second-order valence-electron chi connectivity index (χ2n) is 5.15. The van der Waals surface area contributed by atoms with Gasteiger partial charge in [-0.05, 0) is 12.1 Å². The quantitative estimate of drug-likeness (QED) is 0.307. The number of carbonyl (C=O) groups is 6. The summed E-state index contributed by atoms with van der Waals surface area (Å²) in [6.45, 7) is 1.08. The number of aromatic carboxylic acids is 2. The zero-order valence-corrected chi connectivity index (χ0v) is 14.8. The molecular formula is C16H18O13. The van der Waals surface area contributed by atoms with Gasteiger partial charge in [0.1, 0.15) is 0 Å². The molecule has 0 amide bonds. The SMILES string of the molecule is CC(=O)O.O=C(O)CC(O)(CC(=O)O)C(=O)O.O=C(O)c1ccccc1C(=O)O. The molecule has 0 heterocycles. The maximum atomic E-state index is 10.5. The largest absolute Gasteiger partial charge is 0.481 e. The number of benzene rings is 1. The molecule has 0 aliphatic carbocycles. The van der Waals surface area contributed by atoms with Crippen molar-refractivity contribution >= 4 is 35.8 Å². The van der Waals surface area contributed by atoms with E-state index in [9.17, 15) is 24.0 Å². The lowest BCUT2D eigenvalue weighted by Gasteiger charge is -2.18. The highest BCUT2D eigenvalue weighted by molar-refractivity contribution is 6.01. The average Bonchev–Trinajstić information content (AvgIpc) is 2.53. The van der Waals surface area contributed by atoms with Crippen molar-refractivity contribution in [2.24, 2.45) is 0 Å². The van der Waals surface area contributed by atoms with E-state index in [1.807, 2.05) is 0 Å². The van der Waals surface area contributed by atoms with Crippen LogP contribution in [0.5, 0.6) is 0 Å². The highest BCUT2D eigenvalue weighted by Gasteiger charge is 2.40. The molecule has 0 saturated heterocycles. The molecule has 0 bridgehead atoms. The Bertz CT molecular complexity index is 728. The molecule has 0 fully saturated rings. The van der Waals surface area contributed by atoms with Crippen molar-refractivity contribution in [3.63, 3.8) is 0 Å². The smallest absolute Gasteiger partial charge is 0.336 e. The minimum atomic E-state index is -2.74. The number of carboxylic acids is 6. The molecule has 0 aliphatic heterocycles. The van der Waals surface area contributed by atoms with Gasteiger partial charge in [-0.3, -0.25) is 14.4 Å². The Morgan fingerprint density at radius 3 is 1.17 bits per heavy atom. The fourth-order valence-corrected chi connectivity index (χ4v) is 1.57. The van der Waals surface area contributed by atoms with Gasteiger partial charge in [-0.25, -0.2) is 14.4 Å². The van der Waals surface area contributed by atoms with Crippen LogP contribution in [0.3, 0.4) is 0 Å². The summed E-state index contributed by atoms with van der Waals surface area (Å²) >= 11 is 0. The van der Waals surface area contributed by atoms with Gasteiger partial charge in [0.05, 0.1) is 24.0 Å². The van der Waals surface area contributed by atoms with E-state index in [0.717, 1.165) is 6.92 Å². The lowest BCUT2D eigenvalue weighted by Crippen LogP contribution is -2.42. The summed E-state index contributed by atoms with van der Waals surface area (Å²) in [6.07, 6.45) is -2.29. The molecule has 1 aromatic rings. The van der Waals surface area contributed by atoms with Crippen molar-refractivity contribution in [2.45, 2.75) is 25.4 Å². The molecule has 0 saturated carbocycles. The first-order chi connectivity index (χ1) is 13.1. The summed E-state index contributed by atoms with van der Waals surface area (Å²) in [5, 5.41) is 58.3. The molecule has 13 heteroatoms. The second-order valence-corrected chi connectivity index (χ2v) is 5.15. The van der Waals surface area contributed by atoms with Gasteiger partial charge in [0.2, 0.25) is 0 Å². The Labute approximate surface area is 162 Å². The minimum absolute atomic E-state index is 0.190. The van der Waals surface area contributed by atoms with Crippen LogP contribution in [0.4, 0.5) is 0 Å². The third kappa shape index (κ3) is 12.1. The normalized spacial score (nSPS) is 9.59. The zero-order valence-electron chi connectivity index (χ0n) is 14.8. The van der Waals surface area contributed by atoms with Crippen LogP contribution < -0.4 is 0 Å². The molecule has 0 spiro atoms. The number of hydrogen-bond donors (Lipinski definition) is 7. The molecule has 29 heavy (non-hydrogen) atoms. The van der Waals surface area contributed by atoms with Gasteiger partial charge in [0.15, 0.2) is 5.60 Å². The maximum absolute atomic E-state index is 10.5. The summed E-state index contributed by atoms with van der Waals surface area (Å²) in [4.78, 5) is 60.4. The fourth-order valence-electron chi connectivity index (χ4n) is 1.57. The zero-order chi connectivity index (χ0) is 23.4. The first-order valence-corrected chi connectivity index (χ1v) is 7.28. The minimum Gasteiger partial charge on any atom is -0.481 e. The van der Waals surface area contributed by atoms with Gasteiger partial charge in [0, 0.05) is 6.92 Å². The van der Waals surface area contributed by atoms with E-state index in [2.05, 4.69) is 0 Å². The van der Waals surface area contributed by atoms with Gasteiger partial charge in [0.25, 0.3) is 5.97 Å². The van der Waals surface area contributed by atoms with Crippen LogP contribution in [-0.4, -0.2) is 77.2 Å². The van der Waals surface area contributed by atoms with E-state index in [1.54, 1.807) is 0 Å². The molecule has 0 aromatic heterocycles. The van der Waals surface area contributed by atoms with Crippen molar-refractivity contribution in [3.8, 4) is 0 Å². The maximum Gasteiger partial charge on any atom is 0.336 e. The van der Waals surface area contributed by atoms with Crippen molar-refractivity contribution in [2.75, 3.05) is 0 Å². The lowest BCUT2D eigenvalue weighted by molar-refractivity contribution is -0.170. The molecule has 13 nitrogen and oxygen atoms in total. The second kappa shape index (κ2) is 12.4. The van der Waals surface area contributed by atoms with Crippen LogP contribution in [0.2, 0.25) is 0 Å². The Hall–Kier alpha value is -4.00. The van der Waals surface area contributed by atoms with Gasteiger partial charge < -0.3 is 35.7 Å². The molecule has 160 valence electrons. The summed E-state index contributed by atoms with van der Waals surface area (Å²) in [5.41, 5.74) is -3.12. The Morgan fingerprint density at radius 2 is 1.00 bits per heavy atom. The van der Waals surface area contributed by atoms with Crippen LogP contribution in [-0.2, 0) is 19.2 Å². The third-order valence-electron chi connectivity index (χ3n) is 2.67. The van der Waals surface area contributed by atoms with Crippen molar-refractivity contribution in [1.82, 2.24) is 0 Å². The van der Waals surface area contributed by atoms with Gasteiger partial charge >= 0.3 is 29.8 Å². The lowest BCUT2D eigenvalue weighted by atomic mass is 9.96. The first kappa shape index (κ1) is 27.2. The Kier molecular flexibility index (Phi) is 11.6. The Morgan fingerprint density at radius 1 is 0.724 bits per heavy atom. The Balaban J connectivity index is 0. The summed E-state index contributed by atoms with van der Waals surface area (Å²) in [5.74, 6) is -8.31. The van der Waals surface area contributed by atoms with E-state index < -0.39 is 54.3 Å². The summed E-state index contributed by atoms with van der Waals surface area (Å²) in [6, 6.07) is 5.48. The average molecular weight is 418 g/mol. The predicted octanol–water partition coefficient (Wildman–Crippen LogP) is -0.0746. The summed E-state index contributed by atoms with van der Waals surface area (Å²) < 4.78 is 0. The fraction of sp³-hybridized carbons (Fsp3) is 0.250. The van der Waals surface area contributed by atoms with E-state index in [0.29, 0.717) is 0 Å². The molecular weight excluding hydrogens is 400 g/mol. The number of rotatable bonds is 7. The molecule has 0 unspecified atom stereocenters. The van der Waals surface area contributed by atoms with E-state index in [-0.39, 0.29) is 11.1 Å². The predicted molar refractivity (Wildman–Crippen MR) is 90.8 cm³/mol. The molecule has 0 aliphatic rings. The van der Waals surface area contributed by atoms with Crippen molar-refractivity contribution in [1.29, 1.82) is 0 Å². The van der Waals surface area contributed by atoms with Gasteiger partial charge in [-0.2, -0.15) is 0 Å². The van der Waals surface area contributed by atoms with Crippen LogP contribution in [0.15, 0.2) is 24.3 Å². The van der Waals surface area contributed by atoms with Crippen molar-refractivity contribution in [3.05, 3.63) is 35.4 Å². The number of aliphatic hydroxyl groups is 1. The highest BCUT2D eigenvalue weighted by Crippen LogP contribution is 2.15. The molecule has 0 radical (unpaired) electrons. The van der Waals surface area contributed by atoms with Gasteiger partial charge in [-0.1, -0.05) is 12.1 Å². The highest BCUT2D eigenvalue weighted by atomic mass is 16.4. The van der Waals surface area contributed by atoms with E-state index >= 15 is 0 Å². The van der Waals surface area contributed by atoms with Crippen LogP contribution in [0, 0.1) is 0 Å². The third-order valence-corrected chi connectivity index (χ3v) is 2.67. The number of carboxylic acid groups (broad SMARTS) is 6. The molecule has 7 N–H and O–H groups in total. The standard InChI is InChI=1S/C8H6O4.C6H8O7.C2H4O2/c9-7(10)5-3-1-2-4-6(5)8(11)12;7-3(8)1-6(13,5(11)12)2-4(9)10;1-2(3)4/h1-4H,(H,9,10)(H,11,12);13H,1-2H2,(H,7,8)(H,9,10)(H,11,12);1H3,(H,3,4). The number of hydrogen-bond acceptors (Lipinski definition) is 7. The molecule has 1 rings (SSSR count). The van der Waals surface area contributed by atoms with Crippen LogP contribution in [0.25, 0.3) is 0 Å². The monoisotopic (exact) mass is 418 g/mol. The summed E-state index contributed by atoms with van der Waals surface area (Å²) in [7, 11) is 0. The van der Waals surface area contributed by atoms with Gasteiger partial charge in [-0.15, -0.1) is 0 Å². The number of aliphatic carboxylic acids is 4. The first-order valence-electron chi connectivity index (χ1n) is 7.28. The van der Waals surface area contributed by atoms with Crippen molar-refractivity contribution < 1.29 is 64.5 Å². The molecule has 1 aromatic carbocycles. The van der Waals surface area contributed by atoms with E-state index in [4.69, 9.17) is 40.5 Å².